The minimum atomic E-state index is -0.229. The van der Waals surface area contributed by atoms with Gasteiger partial charge in [0.05, 0.1) is 12.0 Å². The highest BCUT2D eigenvalue weighted by atomic mass is 16.3. The predicted octanol–water partition coefficient (Wildman–Crippen LogP) is 2.16. The molecule has 0 aliphatic carbocycles. The number of aromatic amines is 1. The largest absolute Gasteiger partial charge is 0.394 e. The summed E-state index contributed by atoms with van der Waals surface area (Å²) in [6.45, 7) is 3.73. The molecule has 4 N–H and O–H groups in total. The first-order chi connectivity index (χ1) is 11.6. The Balaban J connectivity index is 2.07. The summed E-state index contributed by atoms with van der Waals surface area (Å²) in [5.74, 6) is 1.66. The maximum Gasteiger partial charge on any atom is 0.259 e. The number of pyridine rings is 3. The zero-order chi connectivity index (χ0) is 17.1. The Kier molecular flexibility index (Phi) is 4.43. The molecular formula is C17H19N5O2. The third kappa shape index (κ3) is 3.36. The SMILES string of the molecule is Cc1ccnc(Nc2cc3cc[nH]c(=O)c3c(N[C@H](C)CO)n2)c1. The lowest BCUT2D eigenvalue weighted by Crippen LogP contribution is -2.22. The van der Waals surface area contributed by atoms with Crippen LogP contribution in [0.5, 0.6) is 0 Å². The molecule has 0 radical (unpaired) electrons. The van der Waals surface area contributed by atoms with Crippen LogP contribution in [0.2, 0.25) is 0 Å². The molecule has 0 spiro atoms. The number of aryl methyl sites for hydroxylation is 1. The molecule has 0 aromatic carbocycles. The van der Waals surface area contributed by atoms with Gasteiger partial charge in [-0.1, -0.05) is 0 Å². The summed E-state index contributed by atoms with van der Waals surface area (Å²) in [5.41, 5.74) is 0.852. The number of hydrogen-bond acceptors (Lipinski definition) is 6. The van der Waals surface area contributed by atoms with E-state index in [0.717, 1.165) is 10.9 Å². The predicted molar refractivity (Wildman–Crippen MR) is 94.8 cm³/mol. The van der Waals surface area contributed by atoms with Gasteiger partial charge in [-0.2, -0.15) is 0 Å². The molecule has 3 aromatic heterocycles. The number of hydrogen-bond donors (Lipinski definition) is 4. The van der Waals surface area contributed by atoms with Gasteiger partial charge in [-0.05, 0) is 49.1 Å². The maximum atomic E-state index is 12.2. The van der Waals surface area contributed by atoms with Gasteiger partial charge in [-0.15, -0.1) is 0 Å². The summed E-state index contributed by atoms with van der Waals surface area (Å²) < 4.78 is 0. The van der Waals surface area contributed by atoms with Crippen molar-refractivity contribution in [2.45, 2.75) is 19.9 Å². The summed E-state index contributed by atoms with van der Waals surface area (Å²) in [5, 5.41) is 16.7. The van der Waals surface area contributed by atoms with Gasteiger partial charge in [-0.25, -0.2) is 9.97 Å². The Morgan fingerprint density at radius 2 is 2.12 bits per heavy atom. The molecule has 24 heavy (non-hydrogen) atoms. The molecule has 7 nitrogen and oxygen atoms in total. The molecule has 0 aliphatic rings. The van der Waals surface area contributed by atoms with Gasteiger partial charge < -0.3 is 20.7 Å². The average Bonchev–Trinajstić information content (AvgIpc) is 2.54. The summed E-state index contributed by atoms with van der Waals surface area (Å²) >= 11 is 0. The highest BCUT2D eigenvalue weighted by Gasteiger charge is 2.12. The fourth-order valence-corrected chi connectivity index (χ4v) is 2.40. The van der Waals surface area contributed by atoms with Gasteiger partial charge in [0.2, 0.25) is 0 Å². The Morgan fingerprint density at radius 1 is 1.29 bits per heavy atom. The molecular weight excluding hydrogens is 306 g/mol. The van der Waals surface area contributed by atoms with E-state index in [1.807, 2.05) is 32.0 Å². The van der Waals surface area contributed by atoms with E-state index in [9.17, 15) is 9.90 Å². The van der Waals surface area contributed by atoms with E-state index in [-0.39, 0.29) is 18.2 Å². The van der Waals surface area contributed by atoms with Crippen molar-refractivity contribution in [2.75, 3.05) is 17.2 Å². The van der Waals surface area contributed by atoms with Crippen molar-refractivity contribution >= 4 is 28.2 Å². The van der Waals surface area contributed by atoms with E-state index >= 15 is 0 Å². The number of H-pyrrole nitrogens is 1. The first-order valence-electron chi connectivity index (χ1n) is 7.66. The standard InChI is InChI=1S/C17H19N5O2/c1-10-3-5-18-13(7-10)21-14-8-12-4-6-19-17(24)15(12)16(22-14)20-11(2)9-23/h3-8,11,23H,9H2,1-2H3,(H,19,24)(H2,18,20,21,22)/t11-/m1/s1. The van der Waals surface area contributed by atoms with Crippen molar-refractivity contribution in [2.24, 2.45) is 0 Å². The summed E-state index contributed by atoms with van der Waals surface area (Å²) in [7, 11) is 0. The van der Waals surface area contributed by atoms with E-state index < -0.39 is 0 Å². The van der Waals surface area contributed by atoms with E-state index in [4.69, 9.17) is 0 Å². The van der Waals surface area contributed by atoms with E-state index in [0.29, 0.717) is 22.8 Å². The number of anilines is 3. The van der Waals surface area contributed by atoms with Crippen molar-refractivity contribution in [3.63, 3.8) is 0 Å². The van der Waals surface area contributed by atoms with Crippen LogP contribution in [0, 0.1) is 6.92 Å². The van der Waals surface area contributed by atoms with Crippen LogP contribution in [-0.2, 0) is 0 Å². The topological polar surface area (TPSA) is 103 Å². The second-order valence-electron chi connectivity index (χ2n) is 5.70. The summed E-state index contributed by atoms with van der Waals surface area (Å²) in [4.78, 5) is 23.5. The van der Waals surface area contributed by atoms with Crippen LogP contribution in [0.15, 0.2) is 41.5 Å². The number of aliphatic hydroxyl groups excluding tert-OH is 1. The third-order valence-electron chi connectivity index (χ3n) is 3.58. The minimum absolute atomic E-state index is 0.0645. The van der Waals surface area contributed by atoms with Gasteiger partial charge in [0.15, 0.2) is 0 Å². The van der Waals surface area contributed by atoms with E-state index in [1.165, 1.54) is 0 Å². The number of aromatic nitrogens is 3. The normalized spacial score (nSPS) is 12.1. The lowest BCUT2D eigenvalue weighted by Gasteiger charge is -2.15. The first-order valence-corrected chi connectivity index (χ1v) is 7.66. The van der Waals surface area contributed by atoms with Gasteiger partial charge in [-0.3, -0.25) is 4.79 Å². The Labute approximate surface area is 138 Å². The fraction of sp³-hybridized carbons (Fsp3) is 0.235. The molecule has 0 aliphatic heterocycles. The van der Waals surface area contributed by atoms with Crippen LogP contribution >= 0.6 is 0 Å². The van der Waals surface area contributed by atoms with Crippen molar-refractivity contribution in [3.05, 3.63) is 52.6 Å². The fourth-order valence-electron chi connectivity index (χ4n) is 2.40. The smallest absolute Gasteiger partial charge is 0.259 e. The van der Waals surface area contributed by atoms with Crippen molar-refractivity contribution < 1.29 is 5.11 Å². The van der Waals surface area contributed by atoms with Crippen LogP contribution in [0.1, 0.15) is 12.5 Å². The number of aliphatic hydroxyl groups is 1. The van der Waals surface area contributed by atoms with Gasteiger partial charge in [0.25, 0.3) is 5.56 Å². The molecule has 1 atom stereocenters. The van der Waals surface area contributed by atoms with Crippen molar-refractivity contribution in [1.82, 2.24) is 15.0 Å². The van der Waals surface area contributed by atoms with Gasteiger partial charge in [0.1, 0.15) is 17.5 Å². The third-order valence-corrected chi connectivity index (χ3v) is 3.58. The Hall–Kier alpha value is -2.93. The molecule has 3 aromatic rings. The van der Waals surface area contributed by atoms with Crippen LogP contribution in [0.25, 0.3) is 10.8 Å². The van der Waals surface area contributed by atoms with Crippen LogP contribution < -0.4 is 16.2 Å². The molecule has 0 amide bonds. The first kappa shape index (κ1) is 15.9. The van der Waals surface area contributed by atoms with Crippen molar-refractivity contribution in [1.29, 1.82) is 0 Å². The zero-order valence-corrected chi connectivity index (χ0v) is 13.5. The monoisotopic (exact) mass is 325 g/mol. The Morgan fingerprint density at radius 3 is 2.88 bits per heavy atom. The maximum absolute atomic E-state index is 12.2. The molecule has 7 heteroatoms. The molecule has 0 fully saturated rings. The molecule has 0 bridgehead atoms. The van der Waals surface area contributed by atoms with Gasteiger partial charge >= 0.3 is 0 Å². The molecule has 0 saturated carbocycles. The average molecular weight is 325 g/mol. The number of nitrogens with one attached hydrogen (secondary N) is 3. The number of rotatable bonds is 5. The highest BCUT2D eigenvalue weighted by Crippen LogP contribution is 2.24. The highest BCUT2D eigenvalue weighted by molar-refractivity contribution is 5.93. The minimum Gasteiger partial charge on any atom is -0.394 e. The summed E-state index contributed by atoms with van der Waals surface area (Å²) in [6, 6.07) is 7.19. The molecule has 0 saturated heterocycles. The number of nitrogens with zero attached hydrogens (tertiary/aromatic N) is 2. The van der Waals surface area contributed by atoms with Crippen LogP contribution in [0.4, 0.5) is 17.5 Å². The molecule has 3 heterocycles. The van der Waals surface area contributed by atoms with E-state index in [2.05, 4.69) is 25.6 Å². The van der Waals surface area contributed by atoms with Crippen LogP contribution in [0.3, 0.4) is 0 Å². The lowest BCUT2D eigenvalue weighted by atomic mass is 10.2. The molecule has 124 valence electrons. The second kappa shape index (κ2) is 6.67. The van der Waals surface area contributed by atoms with E-state index in [1.54, 1.807) is 18.5 Å². The zero-order valence-electron chi connectivity index (χ0n) is 13.5. The molecule has 3 rings (SSSR count). The summed E-state index contributed by atoms with van der Waals surface area (Å²) in [6.07, 6.45) is 3.31. The quantitative estimate of drug-likeness (QED) is 0.573. The Bertz CT molecular complexity index is 922. The van der Waals surface area contributed by atoms with Gasteiger partial charge in [0, 0.05) is 18.4 Å². The lowest BCUT2D eigenvalue weighted by molar-refractivity contribution is 0.281. The van der Waals surface area contributed by atoms with Crippen molar-refractivity contribution in [3.8, 4) is 0 Å². The van der Waals surface area contributed by atoms with Crippen LogP contribution in [-0.4, -0.2) is 32.7 Å². The molecule has 0 unspecified atom stereocenters. The second-order valence-corrected chi connectivity index (χ2v) is 5.70. The number of fused-ring (bicyclic) bond motifs is 1.